The van der Waals surface area contributed by atoms with Crippen molar-refractivity contribution in [1.29, 1.82) is 0 Å². The Bertz CT molecular complexity index is 446. The Morgan fingerprint density at radius 1 is 1.32 bits per heavy atom. The monoisotopic (exact) mass is 325 g/mol. The molecule has 0 aliphatic rings. The second-order valence-corrected chi connectivity index (χ2v) is 6.26. The summed E-state index contributed by atoms with van der Waals surface area (Å²) >= 11 is 3.39. The molecule has 0 fully saturated rings. The normalized spacial score (nSPS) is 13.3. The van der Waals surface area contributed by atoms with Gasteiger partial charge in [-0.3, -0.25) is 0 Å². The Kier molecular flexibility index (Phi) is 5.60. The van der Waals surface area contributed by atoms with Gasteiger partial charge in [0.05, 0.1) is 0 Å². The first kappa shape index (κ1) is 15.8. The van der Waals surface area contributed by atoms with Crippen LogP contribution in [0.25, 0.3) is 6.08 Å². The van der Waals surface area contributed by atoms with Gasteiger partial charge in [0.25, 0.3) is 0 Å². The molecule has 0 radical (unpaired) electrons. The van der Waals surface area contributed by atoms with Gasteiger partial charge in [0.2, 0.25) is 0 Å². The maximum absolute atomic E-state index is 11.6. The molecule has 19 heavy (non-hydrogen) atoms. The first-order valence-electron chi connectivity index (χ1n) is 6.19. The average molecular weight is 326 g/mol. The van der Waals surface area contributed by atoms with E-state index in [-0.39, 0.29) is 6.04 Å². The zero-order valence-corrected chi connectivity index (χ0v) is 13.3. The van der Waals surface area contributed by atoms with E-state index < -0.39 is 11.7 Å². The zero-order chi connectivity index (χ0) is 14.5. The molecule has 0 heterocycles. The van der Waals surface area contributed by atoms with Gasteiger partial charge >= 0.3 is 6.09 Å². The van der Waals surface area contributed by atoms with Crippen LogP contribution in [0, 0.1) is 0 Å². The Balaban J connectivity index is 2.48. The number of carbonyl (C=O) groups is 1. The lowest BCUT2D eigenvalue weighted by atomic mass is 10.2. The fourth-order valence-electron chi connectivity index (χ4n) is 1.37. The van der Waals surface area contributed by atoms with Gasteiger partial charge in [-0.1, -0.05) is 40.2 Å². The smallest absolute Gasteiger partial charge is 0.408 e. The van der Waals surface area contributed by atoms with Crippen molar-refractivity contribution in [1.82, 2.24) is 5.32 Å². The van der Waals surface area contributed by atoms with Crippen LogP contribution in [0.3, 0.4) is 0 Å². The van der Waals surface area contributed by atoms with E-state index in [1.807, 2.05) is 64.1 Å². The topological polar surface area (TPSA) is 38.3 Å². The van der Waals surface area contributed by atoms with Gasteiger partial charge in [-0.05, 0) is 45.4 Å². The largest absolute Gasteiger partial charge is 0.444 e. The minimum Gasteiger partial charge on any atom is -0.444 e. The molecule has 4 heteroatoms. The lowest BCUT2D eigenvalue weighted by molar-refractivity contribution is 0.0518. The summed E-state index contributed by atoms with van der Waals surface area (Å²) in [6, 6.07) is 7.87. The number of carbonyl (C=O) groups excluding carboxylic acids is 1. The van der Waals surface area contributed by atoms with Crippen molar-refractivity contribution < 1.29 is 9.53 Å². The van der Waals surface area contributed by atoms with Crippen LogP contribution in [0.1, 0.15) is 33.3 Å². The molecule has 0 aliphatic carbocycles. The first-order valence-corrected chi connectivity index (χ1v) is 6.99. The third kappa shape index (κ3) is 7.01. The van der Waals surface area contributed by atoms with Crippen LogP contribution >= 0.6 is 15.9 Å². The highest BCUT2D eigenvalue weighted by atomic mass is 79.9. The van der Waals surface area contributed by atoms with Gasteiger partial charge in [-0.2, -0.15) is 0 Å². The molecular formula is C15H20BrNO2. The van der Waals surface area contributed by atoms with E-state index in [4.69, 9.17) is 4.74 Å². The molecule has 1 amide bonds. The van der Waals surface area contributed by atoms with Crippen molar-refractivity contribution >= 4 is 28.1 Å². The van der Waals surface area contributed by atoms with E-state index >= 15 is 0 Å². The molecule has 0 spiro atoms. The number of halogens is 1. The molecule has 0 aliphatic heterocycles. The minimum absolute atomic E-state index is 0.0847. The Hall–Kier alpha value is -1.29. The summed E-state index contributed by atoms with van der Waals surface area (Å²) in [5, 5.41) is 2.76. The van der Waals surface area contributed by atoms with E-state index in [0.717, 1.165) is 10.0 Å². The van der Waals surface area contributed by atoms with E-state index in [1.54, 1.807) is 0 Å². The Morgan fingerprint density at radius 2 is 1.89 bits per heavy atom. The average Bonchev–Trinajstić information content (AvgIpc) is 2.25. The number of hydrogen-bond donors (Lipinski definition) is 1. The lowest BCUT2D eigenvalue weighted by Crippen LogP contribution is -2.36. The Labute approximate surface area is 123 Å². The van der Waals surface area contributed by atoms with Gasteiger partial charge in [-0.25, -0.2) is 4.79 Å². The quantitative estimate of drug-likeness (QED) is 0.895. The second kappa shape index (κ2) is 6.75. The fourth-order valence-corrected chi connectivity index (χ4v) is 1.64. The van der Waals surface area contributed by atoms with Crippen LogP contribution < -0.4 is 5.32 Å². The minimum atomic E-state index is -0.473. The van der Waals surface area contributed by atoms with Gasteiger partial charge in [0.15, 0.2) is 0 Å². The van der Waals surface area contributed by atoms with Gasteiger partial charge in [0, 0.05) is 10.5 Å². The maximum Gasteiger partial charge on any atom is 0.408 e. The Morgan fingerprint density at radius 3 is 2.42 bits per heavy atom. The number of nitrogens with one attached hydrogen (secondary N) is 1. The first-order chi connectivity index (χ1) is 8.76. The fraction of sp³-hybridized carbons (Fsp3) is 0.400. The number of benzene rings is 1. The summed E-state index contributed by atoms with van der Waals surface area (Å²) < 4.78 is 6.23. The summed E-state index contributed by atoms with van der Waals surface area (Å²) in [6.45, 7) is 7.43. The molecule has 0 saturated heterocycles. The van der Waals surface area contributed by atoms with Crippen molar-refractivity contribution in [2.24, 2.45) is 0 Å². The summed E-state index contributed by atoms with van der Waals surface area (Å²) in [6.07, 6.45) is 3.49. The molecular weight excluding hydrogens is 306 g/mol. The highest BCUT2D eigenvalue weighted by Crippen LogP contribution is 2.12. The van der Waals surface area contributed by atoms with Crippen LogP contribution in [0.5, 0.6) is 0 Å². The van der Waals surface area contributed by atoms with Crippen molar-refractivity contribution in [3.8, 4) is 0 Å². The SMILES string of the molecule is C[C@@H](/C=C/c1ccc(Br)cc1)NC(=O)OC(C)(C)C. The summed E-state index contributed by atoms with van der Waals surface area (Å²) in [5.41, 5.74) is 0.611. The van der Waals surface area contributed by atoms with Crippen molar-refractivity contribution in [2.75, 3.05) is 0 Å². The van der Waals surface area contributed by atoms with Crippen LogP contribution in [0.2, 0.25) is 0 Å². The van der Waals surface area contributed by atoms with E-state index in [0.29, 0.717) is 0 Å². The molecule has 0 bridgehead atoms. The molecule has 0 unspecified atom stereocenters. The van der Waals surface area contributed by atoms with Gasteiger partial charge in [0.1, 0.15) is 5.60 Å². The van der Waals surface area contributed by atoms with E-state index in [1.165, 1.54) is 0 Å². The van der Waals surface area contributed by atoms with Crippen LogP contribution in [0.4, 0.5) is 4.79 Å². The molecule has 1 aromatic carbocycles. The summed E-state index contributed by atoms with van der Waals surface area (Å²) in [5.74, 6) is 0. The zero-order valence-electron chi connectivity index (χ0n) is 11.7. The number of hydrogen-bond acceptors (Lipinski definition) is 2. The van der Waals surface area contributed by atoms with Crippen molar-refractivity contribution in [3.05, 3.63) is 40.4 Å². The van der Waals surface area contributed by atoms with Crippen molar-refractivity contribution in [2.45, 2.75) is 39.3 Å². The lowest BCUT2D eigenvalue weighted by Gasteiger charge is -2.20. The van der Waals surface area contributed by atoms with Crippen LogP contribution in [-0.4, -0.2) is 17.7 Å². The third-order valence-corrected chi connectivity index (χ3v) is 2.72. The third-order valence-electron chi connectivity index (χ3n) is 2.19. The maximum atomic E-state index is 11.6. The van der Waals surface area contributed by atoms with Crippen LogP contribution in [0.15, 0.2) is 34.8 Å². The number of rotatable bonds is 3. The van der Waals surface area contributed by atoms with E-state index in [9.17, 15) is 4.79 Å². The standard InChI is InChI=1S/C15H20BrNO2/c1-11(17-14(18)19-15(2,3)4)5-6-12-7-9-13(16)10-8-12/h5-11H,1-4H3,(H,17,18)/b6-5+/t11-/m0/s1. The molecule has 104 valence electrons. The highest BCUT2D eigenvalue weighted by molar-refractivity contribution is 9.10. The van der Waals surface area contributed by atoms with Crippen molar-refractivity contribution in [3.63, 3.8) is 0 Å². The summed E-state index contributed by atoms with van der Waals surface area (Å²) in [4.78, 5) is 11.6. The second-order valence-electron chi connectivity index (χ2n) is 5.35. The number of amides is 1. The van der Waals surface area contributed by atoms with Gasteiger partial charge < -0.3 is 10.1 Å². The van der Waals surface area contributed by atoms with Gasteiger partial charge in [-0.15, -0.1) is 0 Å². The summed E-state index contributed by atoms with van der Waals surface area (Å²) in [7, 11) is 0. The van der Waals surface area contributed by atoms with Crippen LogP contribution in [-0.2, 0) is 4.74 Å². The molecule has 1 aromatic rings. The number of alkyl carbamates (subject to hydrolysis) is 1. The molecule has 0 saturated carbocycles. The highest BCUT2D eigenvalue weighted by Gasteiger charge is 2.16. The molecule has 1 rings (SSSR count). The molecule has 1 N–H and O–H groups in total. The molecule has 3 nitrogen and oxygen atoms in total. The molecule has 1 atom stereocenters. The predicted octanol–water partition coefficient (Wildman–Crippen LogP) is 4.38. The molecule has 0 aromatic heterocycles. The predicted molar refractivity (Wildman–Crippen MR) is 82.0 cm³/mol. The van der Waals surface area contributed by atoms with E-state index in [2.05, 4.69) is 21.2 Å². The number of ether oxygens (including phenoxy) is 1.